The maximum absolute atomic E-state index is 13.9. The third-order valence-electron chi connectivity index (χ3n) is 7.71. The second-order valence-electron chi connectivity index (χ2n) is 10.9. The van der Waals surface area contributed by atoms with E-state index in [4.69, 9.17) is 23.2 Å². The number of nitrogens with zero attached hydrogens (tertiary/aromatic N) is 9. The second-order valence-corrected chi connectivity index (χ2v) is 11.7. The average Bonchev–Trinajstić information content (AvgIpc) is 3.38. The quantitative estimate of drug-likeness (QED) is 0.277. The van der Waals surface area contributed by atoms with Gasteiger partial charge in [-0.1, -0.05) is 28.4 Å². The molecule has 44 heavy (non-hydrogen) atoms. The molecule has 0 spiro atoms. The van der Waals surface area contributed by atoms with Gasteiger partial charge in [-0.3, -0.25) is 28.6 Å². The van der Waals surface area contributed by atoms with Crippen LogP contribution in [0.4, 0.5) is 11.4 Å². The van der Waals surface area contributed by atoms with Crippen LogP contribution in [0.5, 0.6) is 0 Å². The standard InChI is InChI=1S/C29H26Cl2N10O3/c1-37-13-17-10-19(3-6-22(17)35-37)32-29(44)25(12-20-8-9-40(34-20)21-4-5-21)39-16-27(42)38(15-28(39)43)24-11-18(30)2-7-23(24)41-14-26(31)33-36-41/h2-3,6-11,13-14,21,25H,4-5,12,15-16H2,1H3,(H,32,44). The largest absolute Gasteiger partial charge is 0.324 e. The van der Waals surface area contributed by atoms with E-state index in [-0.39, 0.29) is 24.7 Å². The number of rotatable bonds is 8. The zero-order valence-electron chi connectivity index (χ0n) is 23.5. The van der Waals surface area contributed by atoms with E-state index in [0.717, 1.165) is 23.7 Å². The van der Waals surface area contributed by atoms with Crippen molar-refractivity contribution in [1.82, 2.24) is 39.5 Å². The summed E-state index contributed by atoms with van der Waals surface area (Å²) in [4.78, 5) is 44.0. The van der Waals surface area contributed by atoms with Gasteiger partial charge in [0.05, 0.1) is 34.8 Å². The molecule has 1 N–H and O–H groups in total. The fourth-order valence-electron chi connectivity index (χ4n) is 5.43. The van der Waals surface area contributed by atoms with Crippen LogP contribution < -0.4 is 10.2 Å². The predicted octanol–water partition coefficient (Wildman–Crippen LogP) is 3.42. The number of anilines is 2. The average molecular weight is 634 g/mol. The highest BCUT2D eigenvalue weighted by Gasteiger charge is 2.39. The number of amides is 3. The third kappa shape index (κ3) is 5.51. The van der Waals surface area contributed by atoms with Gasteiger partial charge in [0.2, 0.25) is 17.7 Å². The van der Waals surface area contributed by atoms with E-state index in [1.807, 2.05) is 42.3 Å². The molecule has 2 aliphatic rings. The number of halogens is 2. The van der Waals surface area contributed by atoms with Gasteiger partial charge in [-0.2, -0.15) is 10.2 Å². The molecule has 224 valence electrons. The summed E-state index contributed by atoms with van der Waals surface area (Å²) >= 11 is 12.3. The summed E-state index contributed by atoms with van der Waals surface area (Å²) in [7, 11) is 1.82. The highest BCUT2D eigenvalue weighted by molar-refractivity contribution is 6.31. The number of benzene rings is 2. The maximum Gasteiger partial charge on any atom is 0.247 e. The lowest BCUT2D eigenvalue weighted by atomic mass is 10.1. The van der Waals surface area contributed by atoms with E-state index in [0.29, 0.717) is 33.8 Å². The summed E-state index contributed by atoms with van der Waals surface area (Å²) in [6.45, 7) is -0.636. The van der Waals surface area contributed by atoms with Gasteiger partial charge >= 0.3 is 0 Å². The summed E-state index contributed by atoms with van der Waals surface area (Å²) in [5.41, 5.74) is 2.83. The van der Waals surface area contributed by atoms with Crippen molar-refractivity contribution in [3.63, 3.8) is 0 Å². The monoisotopic (exact) mass is 632 g/mol. The minimum absolute atomic E-state index is 0.138. The second kappa shape index (κ2) is 11.1. The van der Waals surface area contributed by atoms with Gasteiger partial charge in [-0.25, -0.2) is 4.68 Å². The highest BCUT2D eigenvalue weighted by atomic mass is 35.5. The first-order chi connectivity index (χ1) is 21.2. The summed E-state index contributed by atoms with van der Waals surface area (Å²) in [5, 5.41) is 21.2. The van der Waals surface area contributed by atoms with E-state index >= 15 is 0 Å². The van der Waals surface area contributed by atoms with Crippen LogP contribution in [-0.4, -0.2) is 76.3 Å². The van der Waals surface area contributed by atoms with Crippen LogP contribution in [0.25, 0.3) is 16.6 Å². The topological polar surface area (TPSA) is 136 Å². The van der Waals surface area contributed by atoms with Crippen LogP contribution >= 0.6 is 23.2 Å². The first-order valence-electron chi connectivity index (χ1n) is 14.0. The van der Waals surface area contributed by atoms with Gasteiger partial charge in [0.25, 0.3) is 0 Å². The summed E-state index contributed by atoms with van der Waals surface area (Å²) in [6, 6.07) is 11.5. The van der Waals surface area contributed by atoms with E-state index in [9.17, 15) is 14.4 Å². The lowest BCUT2D eigenvalue weighted by molar-refractivity contribution is -0.143. The molecule has 3 aromatic heterocycles. The van der Waals surface area contributed by atoms with Gasteiger partial charge in [0.15, 0.2) is 5.15 Å². The van der Waals surface area contributed by atoms with Crippen LogP contribution in [0.3, 0.4) is 0 Å². The molecular weight excluding hydrogens is 607 g/mol. The van der Waals surface area contributed by atoms with Crippen molar-refractivity contribution in [2.45, 2.75) is 31.3 Å². The number of carbonyl (C=O) groups is 3. The molecule has 7 rings (SSSR count). The molecule has 4 heterocycles. The number of hydrogen-bond donors (Lipinski definition) is 1. The number of fused-ring (bicyclic) bond motifs is 1. The summed E-state index contributed by atoms with van der Waals surface area (Å²) in [5.74, 6) is -1.22. The van der Waals surface area contributed by atoms with Crippen LogP contribution in [0.1, 0.15) is 24.6 Å². The number of hydrogen-bond acceptors (Lipinski definition) is 7. The highest BCUT2D eigenvalue weighted by Crippen LogP contribution is 2.34. The third-order valence-corrected chi connectivity index (χ3v) is 8.12. The van der Waals surface area contributed by atoms with Crippen molar-refractivity contribution in [3.8, 4) is 5.69 Å². The summed E-state index contributed by atoms with van der Waals surface area (Å²) < 4.78 is 4.99. The molecule has 1 saturated carbocycles. The van der Waals surface area contributed by atoms with Gasteiger partial charge in [-0.05, 0) is 55.3 Å². The molecular formula is C29H26Cl2N10O3. The SMILES string of the molecule is Cn1cc2cc(NC(=O)C(Cc3ccn(C4CC4)n3)N3CC(=O)N(c4cc(Cl)ccc4-n4cc(Cl)nn4)CC3=O)ccc2n1. The van der Waals surface area contributed by atoms with Crippen LogP contribution in [-0.2, 0) is 27.9 Å². The zero-order valence-corrected chi connectivity index (χ0v) is 25.0. The van der Waals surface area contributed by atoms with Crippen molar-refractivity contribution in [2.75, 3.05) is 23.3 Å². The Balaban J connectivity index is 1.17. The van der Waals surface area contributed by atoms with Crippen molar-refractivity contribution >= 4 is 63.2 Å². The van der Waals surface area contributed by atoms with E-state index in [1.165, 1.54) is 20.7 Å². The molecule has 1 unspecified atom stereocenters. The van der Waals surface area contributed by atoms with E-state index in [1.54, 1.807) is 28.9 Å². The van der Waals surface area contributed by atoms with Gasteiger partial charge in [0, 0.05) is 42.0 Å². The maximum atomic E-state index is 13.9. The lowest BCUT2D eigenvalue weighted by Crippen LogP contribution is -2.60. The molecule has 1 atom stereocenters. The number of piperazine rings is 1. The Bertz CT molecular complexity index is 1930. The Hall–Kier alpha value is -4.75. The Morgan fingerprint density at radius 2 is 1.84 bits per heavy atom. The molecule has 1 aliphatic heterocycles. The van der Waals surface area contributed by atoms with Crippen molar-refractivity contribution in [3.05, 3.63) is 76.9 Å². The summed E-state index contributed by atoms with van der Waals surface area (Å²) in [6.07, 6.45) is 7.48. The zero-order chi connectivity index (χ0) is 30.5. The lowest BCUT2D eigenvalue weighted by Gasteiger charge is -2.38. The van der Waals surface area contributed by atoms with Crippen LogP contribution in [0.2, 0.25) is 10.2 Å². The molecule has 2 fully saturated rings. The molecule has 0 radical (unpaired) electrons. The van der Waals surface area contributed by atoms with E-state index < -0.39 is 23.8 Å². The fraction of sp³-hybridized carbons (Fsp3) is 0.276. The van der Waals surface area contributed by atoms with Gasteiger partial charge in [-0.15, -0.1) is 5.10 Å². The molecule has 1 aliphatic carbocycles. The number of aromatic nitrogens is 7. The van der Waals surface area contributed by atoms with Crippen molar-refractivity contribution < 1.29 is 14.4 Å². The van der Waals surface area contributed by atoms with Gasteiger partial charge in [0.1, 0.15) is 19.1 Å². The number of aryl methyl sites for hydroxylation is 1. The first-order valence-corrected chi connectivity index (χ1v) is 14.7. The number of nitrogens with one attached hydrogen (secondary N) is 1. The minimum Gasteiger partial charge on any atom is -0.324 e. The van der Waals surface area contributed by atoms with E-state index in [2.05, 4.69) is 25.8 Å². The molecule has 1 saturated heterocycles. The molecule has 5 aromatic rings. The van der Waals surface area contributed by atoms with Gasteiger partial charge < -0.3 is 10.2 Å². The molecule has 15 heteroatoms. The van der Waals surface area contributed by atoms with Crippen LogP contribution in [0.15, 0.2) is 61.1 Å². The molecule has 0 bridgehead atoms. The normalized spacial score (nSPS) is 16.2. The first kappa shape index (κ1) is 28.0. The molecule has 2 aromatic carbocycles. The van der Waals surface area contributed by atoms with Crippen molar-refractivity contribution in [1.29, 1.82) is 0 Å². The van der Waals surface area contributed by atoms with Crippen molar-refractivity contribution in [2.24, 2.45) is 7.05 Å². The molecule has 13 nitrogen and oxygen atoms in total. The Kier molecular flexibility index (Phi) is 7.05. The van der Waals surface area contributed by atoms with Crippen LogP contribution in [0, 0.1) is 0 Å². The minimum atomic E-state index is -0.992. The Labute approximate surface area is 260 Å². The molecule has 3 amide bonds. The number of carbonyl (C=O) groups excluding carboxylic acids is 3. The fourth-order valence-corrected chi connectivity index (χ4v) is 5.72. The Morgan fingerprint density at radius 1 is 1.00 bits per heavy atom. The predicted molar refractivity (Wildman–Crippen MR) is 163 cm³/mol. The Morgan fingerprint density at radius 3 is 2.61 bits per heavy atom. The smallest absolute Gasteiger partial charge is 0.247 e.